The van der Waals surface area contributed by atoms with Crippen molar-refractivity contribution >= 4 is 40.8 Å². The Kier molecular flexibility index (Phi) is 6.78. The summed E-state index contributed by atoms with van der Waals surface area (Å²) >= 11 is 11.6. The van der Waals surface area contributed by atoms with E-state index in [9.17, 15) is 14.7 Å². The van der Waals surface area contributed by atoms with Gasteiger partial charge in [-0.05, 0) is 31.0 Å². The first-order valence-electron chi connectivity index (χ1n) is 5.59. The minimum atomic E-state index is -1.30. The normalized spacial score (nSPS) is 21.1. The van der Waals surface area contributed by atoms with E-state index in [0.717, 1.165) is 0 Å². The zero-order valence-corrected chi connectivity index (χ0v) is 14.2. The zero-order valence-electron chi connectivity index (χ0n) is 10.7. The van der Waals surface area contributed by atoms with E-state index in [0.29, 0.717) is 22.2 Å². The molecule has 0 aliphatic carbocycles. The van der Waals surface area contributed by atoms with Crippen LogP contribution >= 0.6 is 23.2 Å². The van der Waals surface area contributed by atoms with Crippen LogP contribution in [0.2, 0.25) is 10.0 Å². The van der Waals surface area contributed by atoms with Crippen LogP contribution in [0.5, 0.6) is 0 Å². The summed E-state index contributed by atoms with van der Waals surface area (Å²) in [6, 6.07) is 4.62. The van der Waals surface area contributed by atoms with Gasteiger partial charge in [0, 0.05) is 15.7 Å². The maximum absolute atomic E-state index is 11.9. The first-order chi connectivity index (χ1) is 8.95. The summed E-state index contributed by atoms with van der Waals surface area (Å²) in [5, 5.41) is 14.0. The van der Waals surface area contributed by atoms with Gasteiger partial charge >= 0.3 is 29.6 Å². The van der Waals surface area contributed by atoms with Crippen molar-refractivity contribution in [3.05, 3.63) is 28.2 Å². The molecule has 1 aliphatic heterocycles. The van der Waals surface area contributed by atoms with Gasteiger partial charge < -0.3 is 20.0 Å². The number of hydrogen-bond donors (Lipinski definition) is 1. The van der Waals surface area contributed by atoms with Crippen LogP contribution in [0.4, 0.5) is 5.69 Å². The van der Waals surface area contributed by atoms with E-state index in [-0.39, 0.29) is 36.0 Å². The molecule has 8 heteroatoms. The van der Waals surface area contributed by atoms with Crippen LogP contribution in [0.15, 0.2) is 18.2 Å². The van der Waals surface area contributed by atoms with Crippen molar-refractivity contribution in [3.63, 3.8) is 0 Å². The number of benzene rings is 1. The van der Waals surface area contributed by atoms with Gasteiger partial charge in [-0.15, -0.1) is 0 Å². The van der Waals surface area contributed by atoms with Crippen molar-refractivity contribution in [2.75, 3.05) is 5.32 Å². The summed E-state index contributed by atoms with van der Waals surface area (Å²) < 4.78 is 5.08. The van der Waals surface area contributed by atoms with Crippen molar-refractivity contribution in [2.45, 2.75) is 25.0 Å². The van der Waals surface area contributed by atoms with Gasteiger partial charge in [-0.1, -0.05) is 23.2 Å². The van der Waals surface area contributed by atoms with Crippen LogP contribution in [0.3, 0.4) is 0 Å². The molecule has 20 heavy (non-hydrogen) atoms. The van der Waals surface area contributed by atoms with Gasteiger partial charge in [0.1, 0.15) is 6.10 Å². The van der Waals surface area contributed by atoms with Gasteiger partial charge in [-0.3, -0.25) is 4.79 Å². The number of rotatable bonds is 3. The molecule has 1 aromatic rings. The third-order valence-corrected chi connectivity index (χ3v) is 3.14. The van der Waals surface area contributed by atoms with Gasteiger partial charge in [-0.25, -0.2) is 0 Å². The van der Waals surface area contributed by atoms with Crippen LogP contribution in [-0.4, -0.2) is 24.1 Å². The van der Waals surface area contributed by atoms with Crippen molar-refractivity contribution in [1.82, 2.24) is 0 Å². The van der Waals surface area contributed by atoms with E-state index in [1.807, 2.05) is 0 Å². The number of ether oxygens (including phenoxy) is 1. The molecule has 1 amide bonds. The number of carbonyl (C=O) groups excluding carboxylic acids is 2. The Morgan fingerprint density at radius 3 is 2.20 bits per heavy atom. The first kappa shape index (κ1) is 17.8. The Morgan fingerprint density at radius 1 is 1.15 bits per heavy atom. The molecule has 0 bridgehead atoms. The molecule has 0 unspecified atom stereocenters. The number of carboxylic acids is 1. The van der Waals surface area contributed by atoms with Gasteiger partial charge in [-0.2, -0.15) is 0 Å². The first-order valence-corrected chi connectivity index (χ1v) is 6.34. The van der Waals surface area contributed by atoms with Gasteiger partial charge in [0.15, 0.2) is 0 Å². The minimum Gasteiger partial charge on any atom is -0.547 e. The van der Waals surface area contributed by atoms with E-state index in [2.05, 4.69) is 5.32 Å². The Labute approximate surface area is 147 Å². The van der Waals surface area contributed by atoms with Crippen molar-refractivity contribution in [3.8, 4) is 0 Å². The summed E-state index contributed by atoms with van der Waals surface area (Å²) in [6.45, 7) is 0. The molecule has 0 radical (unpaired) electrons. The van der Waals surface area contributed by atoms with Crippen LogP contribution < -0.4 is 40.0 Å². The van der Waals surface area contributed by atoms with E-state index < -0.39 is 24.1 Å². The molecule has 102 valence electrons. The van der Waals surface area contributed by atoms with Gasteiger partial charge in [0.2, 0.25) is 0 Å². The van der Waals surface area contributed by atoms with Crippen LogP contribution in [0, 0.1) is 0 Å². The molecule has 0 aromatic heterocycles. The fourth-order valence-corrected chi connectivity index (χ4v) is 2.38. The Bertz CT molecular complexity index is 506. The summed E-state index contributed by atoms with van der Waals surface area (Å²) in [6.07, 6.45) is -1.24. The van der Waals surface area contributed by atoms with E-state index >= 15 is 0 Å². The summed E-state index contributed by atoms with van der Waals surface area (Å²) in [5.41, 5.74) is 0.433. The second-order valence-electron chi connectivity index (χ2n) is 4.16. The minimum absolute atomic E-state index is 0. The number of aliphatic carboxylic acids is 1. The average molecular weight is 326 g/mol. The molecule has 1 saturated heterocycles. The largest absolute Gasteiger partial charge is 1.00 e. The topological polar surface area (TPSA) is 78.5 Å². The number of nitrogens with one attached hydrogen (secondary N) is 1. The molecule has 1 N–H and O–H groups in total. The van der Waals surface area contributed by atoms with Crippen LogP contribution in [0.25, 0.3) is 0 Å². The molecular weight excluding hydrogens is 316 g/mol. The van der Waals surface area contributed by atoms with Crippen molar-refractivity contribution in [1.29, 1.82) is 0 Å². The predicted octanol–water partition coefficient (Wildman–Crippen LogP) is -1.77. The maximum atomic E-state index is 11.9. The van der Waals surface area contributed by atoms with E-state index in [4.69, 9.17) is 27.9 Å². The number of anilines is 1. The Morgan fingerprint density at radius 2 is 1.70 bits per heavy atom. The SMILES string of the molecule is O=C([O-])[C@@H]1CC[C@H](C(=O)Nc2cc(Cl)cc(Cl)c2)O1.[Na+]. The predicted molar refractivity (Wildman–Crippen MR) is 68.0 cm³/mol. The molecule has 1 aliphatic rings. The number of halogens is 2. The number of amides is 1. The Hall–Kier alpha value is -0.300. The molecule has 1 fully saturated rings. The number of carbonyl (C=O) groups is 2. The fraction of sp³-hybridized carbons (Fsp3) is 0.333. The molecule has 0 spiro atoms. The third-order valence-electron chi connectivity index (χ3n) is 2.70. The van der Waals surface area contributed by atoms with Crippen LogP contribution in [-0.2, 0) is 14.3 Å². The van der Waals surface area contributed by atoms with Crippen molar-refractivity contribution < 1.29 is 49.0 Å². The number of hydrogen-bond acceptors (Lipinski definition) is 4. The van der Waals surface area contributed by atoms with E-state index in [1.54, 1.807) is 0 Å². The second kappa shape index (κ2) is 7.64. The monoisotopic (exact) mass is 325 g/mol. The second-order valence-corrected chi connectivity index (χ2v) is 5.03. The molecule has 1 aromatic carbocycles. The molecule has 2 atom stereocenters. The molecule has 1 heterocycles. The van der Waals surface area contributed by atoms with Gasteiger partial charge in [0.25, 0.3) is 5.91 Å². The third kappa shape index (κ3) is 4.62. The van der Waals surface area contributed by atoms with Crippen LogP contribution in [0.1, 0.15) is 12.8 Å². The maximum Gasteiger partial charge on any atom is 1.00 e. The fourth-order valence-electron chi connectivity index (χ4n) is 1.85. The quantitative estimate of drug-likeness (QED) is 0.667. The average Bonchev–Trinajstić information content (AvgIpc) is 2.76. The standard InChI is InChI=1S/C12H11Cl2NO4.Na/c13-6-3-7(14)5-8(4-6)15-11(16)9-1-2-10(19-9)12(17)18;/h3-5,9-10H,1-2H2,(H,15,16)(H,17,18);/q;+1/p-1/t9-,10+;/m1./s1. The molecule has 0 saturated carbocycles. The summed E-state index contributed by atoms with van der Waals surface area (Å²) in [7, 11) is 0. The van der Waals surface area contributed by atoms with Gasteiger partial charge in [0.05, 0.1) is 12.1 Å². The summed E-state index contributed by atoms with van der Waals surface area (Å²) in [5.74, 6) is -1.73. The summed E-state index contributed by atoms with van der Waals surface area (Å²) in [4.78, 5) is 22.5. The number of carboxylic acid groups (broad SMARTS) is 1. The molecule has 5 nitrogen and oxygen atoms in total. The van der Waals surface area contributed by atoms with E-state index in [1.165, 1.54) is 18.2 Å². The molecule has 2 rings (SSSR count). The van der Waals surface area contributed by atoms with Crippen molar-refractivity contribution in [2.24, 2.45) is 0 Å². The smallest absolute Gasteiger partial charge is 0.547 e. The zero-order chi connectivity index (χ0) is 14.0. The molecular formula is C12H10Cl2NNaO4. The Balaban J connectivity index is 0.00000200.